The molecule has 0 unspecified atom stereocenters. The summed E-state index contributed by atoms with van der Waals surface area (Å²) in [5.41, 5.74) is 5.17. The maximum Gasteiger partial charge on any atom is 0.270 e. The quantitative estimate of drug-likeness (QED) is 0.575. The molecule has 0 aliphatic rings. The van der Waals surface area contributed by atoms with Gasteiger partial charge in [-0.2, -0.15) is 4.80 Å². The van der Waals surface area contributed by atoms with E-state index in [4.69, 9.17) is 5.73 Å². The van der Waals surface area contributed by atoms with Gasteiger partial charge in [0.05, 0.1) is 7.05 Å². The lowest BCUT2D eigenvalue weighted by Crippen LogP contribution is -2.17. The van der Waals surface area contributed by atoms with Crippen molar-refractivity contribution in [3.8, 4) is 0 Å². The molecule has 0 aliphatic heterocycles. The Morgan fingerprint density at radius 1 is 1.75 bits per heavy atom. The predicted octanol–water partition coefficient (Wildman–Crippen LogP) is -1.50. The maximum atomic E-state index is 10.9. The molecule has 1 heterocycles. The van der Waals surface area contributed by atoms with Gasteiger partial charge in [-0.3, -0.25) is 10.1 Å². The number of amides is 1. The highest BCUT2D eigenvalue weighted by atomic mass is 16.1. The highest BCUT2D eigenvalue weighted by Crippen LogP contribution is 1.92. The fourth-order valence-electron chi connectivity index (χ4n) is 0.652. The van der Waals surface area contributed by atoms with E-state index in [0.717, 1.165) is 0 Å². The van der Waals surface area contributed by atoms with E-state index in [9.17, 15) is 4.79 Å². The first-order valence-electron chi connectivity index (χ1n) is 3.46. The third-order valence-electron chi connectivity index (χ3n) is 1.13. The molecule has 1 rings (SSSR count). The average Bonchev–Trinajstić information content (AvgIpc) is 2.36. The van der Waals surface area contributed by atoms with E-state index in [0.29, 0.717) is 6.54 Å². The third kappa shape index (κ3) is 2.27. The predicted molar refractivity (Wildman–Crippen MR) is 41.1 cm³/mol. The van der Waals surface area contributed by atoms with Crippen molar-refractivity contribution in [3.05, 3.63) is 0 Å². The molecule has 7 heteroatoms. The van der Waals surface area contributed by atoms with Crippen LogP contribution in [-0.4, -0.2) is 32.7 Å². The molecule has 0 aliphatic carbocycles. The number of aryl methyl sites for hydroxylation is 1. The van der Waals surface area contributed by atoms with Gasteiger partial charge in [-0.05, 0) is 5.21 Å². The normalized spacial score (nSPS) is 9.83. The minimum absolute atomic E-state index is 0.203. The van der Waals surface area contributed by atoms with Gasteiger partial charge in [0.1, 0.15) is 0 Å². The number of rotatable bonds is 3. The zero-order valence-electron chi connectivity index (χ0n) is 6.69. The number of nitrogens with one attached hydrogen (secondary N) is 1. The topological polar surface area (TPSA) is 98.7 Å². The lowest BCUT2D eigenvalue weighted by molar-refractivity contribution is -0.116. The summed E-state index contributed by atoms with van der Waals surface area (Å²) in [5, 5.41) is 13.3. The van der Waals surface area contributed by atoms with E-state index in [1.807, 2.05) is 0 Å². The summed E-state index contributed by atoms with van der Waals surface area (Å²) in [6.45, 7) is 0.312. The van der Waals surface area contributed by atoms with Gasteiger partial charge in [0.25, 0.3) is 5.95 Å². The van der Waals surface area contributed by atoms with Crippen LogP contribution in [0.2, 0.25) is 0 Å². The van der Waals surface area contributed by atoms with Gasteiger partial charge in [0, 0.05) is 13.0 Å². The van der Waals surface area contributed by atoms with Crippen LogP contribution in [0.25, 0.3) is 0 Å². The maximum absolute atomic E-state index is 10.9. The van der Waals surface area contributed by atoms with Crippen LogP contribution in [0.1, 0.15) is 6.42 Å². The van der Waals surface area contributed by atoms with E-state index < -0.39 is 0 Å². The molecule has 0 spiro atoms. The largest absolute Gasteiger partial charge is 0.330 e. The van der Waals surface area contributed by atoms with Crippen LogP contribution >= 0.6 is 0 Å². The highest BCUT2D eigenvalue weighted by molar-refractivity contribution is 5.88. The lowest BCUT2D eigenvalue weighted by Gasteiger charge is -1.95. The smallest absolute Gasteiger partial charge is 0.270 e. The van der Waals surface area contributed by atoms with Crippen molar-refractivity contribution < 1.29 is 4.79 Å². The molecule has 12 heavy (non-hydrogen) atoms. The molecule has 0 bridgehead atoms. The summed E-state index contributed by atoms with van der Waals surface area (Å²) in [7, 11) is 1.62. The minimum Gasteiger partial charge on any atom is -0.330 e. The Hall–Kier alpha value is -1.50. The molecule has 0 saturated carbocycles. The van der Waals surface area contributed by atoms with E-state index in [2.05, 4.69) is 20.7 Å². The van der Waals surface area contributed by atoms with E-state index in [1.165, 1.54) is 4.80 Å². The van der Waals surface area contributed by atoms with Gasteiger partial charge in [-0.25, -0.2) is 0 Å². The van der Waals surface area contributed by atoms with Crippen molar-refractivity contribution in [2.24, 2.45) is 12.8 Å². The van der Waals surface area contributed by atoms with Gasteiger partial charge in [-0.1, -0.05) is 5.10 Å². The van der Waals surface area contributed by atoms with Gasteiger partial charge < -0.3 is 5.73 Å². The van der Waals surface area contributed by atoms with Crippen molar-refractivity contribution in [2.75, 3.05) is 11.9 Å². The number of aromatic nitrogens is 4. The fourth-order valence-corrected chi connectivity index (χ4v) is 0.652. The molecule has 0 radical (unpaired) electrons. The second-order valence-corrected chi connectivity index (χ2v) is 2.19. The molecular formula is C5H10N6O. The third-order valence-corrected chi connectivity index (χ3v) is 1.13. The first-order valence-corrected chi connectivity index (χ1v) is 3.46. The zero-order valence-corrected chi connectivity index (χ0v) is 6.69. The van der Waals surface area contributed by atoms with Gasteiger partial charge >= 0.3 is 0 Å². The Kier molecular flexibility index (Phi) is 2.70. The van der Waals surface area contributed by atoms with Crippen molar-refractivity contribution in [3.63, 3.8) is 0 Å². The molecule has 3 N–H and O–H groups in total. The summed E-state index contributed by atoms with van der Waals surface area (Å²) in [4.78, 5) is 12.2. The molecule has 0 fully saturated rings. The number of tetrazole rings is 1. The number of hydrogen-bond acceptors (Lipinski definition) is 5. The van der Waals surface area contributed by atoms with Crippen LogP contribution in [0, 0.1) is 0 Å². The first kappa shape index (κ1) is 8.60. The fraction of sp³-hybridized carbons (Fsp3) is 0.600. The molecule has 1 aromatic heterocycles. The molecule has 0 atom stereocenters. The molecule has 0 saturated heterocycles. The van der Waals surface area contributed by atoms with Crippen LogP contribution in [0.15, 0.2) is 0 Å². The van der Waals surface area contributed by atoms with E-state index >= 15 is 0 Å². The van der Waals surface area contributed by atoms with Crippen molar-refractivity contribution in [1.82, 2.24) is 20.2 Å². The summed E-state index contributed by atoms with van der Waals surface area (Å²) in [6.07, 6.45) is 0.262. The van der Waals surface area contributed by atoms with E-state index in [1.54, 1.807) is 7.05 Å². The summed E-state index contributed by atoms with van der Waals surface area (Å²) >= 11 is 0. The van der Waals surface area contributed by atoms with Crippen molar-refractivity contribution in [1.29, 1.82) is 0 Å². The van der Waals surface area contributed by atoms with Crippen LogP contribution in [0.3, 0.4) is 0 Å². The van der Waals surface area contributed by atoms with Gasteiger partial charge in [-0.15, -0.1) is 5.10 Å². The molecule has 7 nitrogen and oxygen atoms in total. The molecule has 1 amide bonds. The number of nitrogens with two attached hydrogens (primary N) is 1. The number of anilines is 1. The summed E-state index contributed by atoms with van der Waals surface area (Å²) in [5.74, 6) is 0.00134. The number of carbonyl (C=O) groups excluding carboxylic acids is 1. The Morgan fingerprint density at radius 2 is 2.50 bits per heavy atom. The van der Waals surface area contributed by atoms with Crippen LogP contribution in [0.5, 0.6) is 0 Å². The Bertz CT molecular complexity index is 269. The second kappa shape index (κ2) is 3.77. The van der Waals surface area contributed by atoms with Crippen LogP contribution in [0.4, 0.5) is 5.95 Å². The van der Waals surface area contributed by atoms with Gasteiger partial charge in [0.2, 0.25) is 5.91 Å². The Morgan fingerprint density at radius 3 is 3.00 bits per heavy atom. The highest BCUT2D eigenvalue weighted by Gasteiger charge is 2.04. The number of hydrogen-bond donors (Lipinski definition) is 2. The van der Waals surface area contributed by atoms with E-state index in [-0.39, 0.29) is 18.3 Å². The van der Waals surface area contributed by atoms with Crippen molar-refractivity contribution >= 4 is 11.9 Å². The first-order chi connectivity index (χ1) is 5.72. The molecule has 1 aromatic rings. The zero-order chi connectivity index (χ0) is 8.97. The number of carbonyl (C=O) groups is 1. The summed E-state index contributed by atoms with van der Waals surface area (Å²) in [6, 6.07) is 0. The minimum atomic E-state index is -0.203. The molecular weight excluding hydrogens is 160 g/mol. The monoisotopic (exact) mass is 170 g/mol. The van der Waals surface area contributed by atoms with Crippen LogP contribution in [-0.2, 0) is 11.8 Å². The Balaban J connectivity index is 2.46. The Labute approximate surface area is 68.9 Å². The number of nitrogens with zero attached hydrogens (tertiary/aromatic N) is 4. The standard InChI is InChI=1S/C5H10N6O/c1-11-9-5(8-10-11)7-4(12)2-3-6/h2-3,6H2,1H3,(H,7,9,12). The second-order valence-electron chi connectivity index (χ2n) is 2.19. The SMILES string of the molecule is Cn1nnc(NC(=O)CCN)n1. The molecule has 0 aromatic carbocycles. The van der Waals surface area contributed by atoms with Crippen molar-refractivity contribution in [2.45, 2.75) is 6.42 Å². The molecule has 66 valence electrons. The summed E-state index contributed by atoms with van der Waals surface area (Å²) < 4.78 is 0. The lowest BCUT2D eigenvalue weighted by atomic mass is 10.4. The van der Waals surface area contributed by atoms with Gasteiger partial charge in [0.15, 0.2) is 0 Å². The van der Waals surface area contributed by atoms with Crippen LogP contribution < -0.4 is 11.1 Å². The average molecular weight is 170 g/mol.